The molecule has 0 bridgehead atoms. The summed E-state index contributed by atoms with van der Waals surface area (Å²) in [6.45, 7) is 2.11. The Labute approximate surface area is 146 Å². The van der Waals surface area contributed by atoms with Gasteiger partial charge in [0.2, 0.25) is 0 Å². The molecule has 1 aliphatic rings. The van der Waals surface area contributed by atoms with Crippen molar-refractivity contribution in [3.05, 3.63) is 48.7 Å². The summed E-state index contributed by atoms with van der Waals surface area (Å²) in [7, 11) is 0. The lowest BCUT2D eigenvalue weighted by Gasteiger charge is -2.32. The second-order valence-electron chi connectivity index (χ2n) is 6.46. The summed E-state index contributed by atoms with van der Waals surface area (Å²) in [5.41, 5.74) is 2.38. The van der Waals surface area contributed by atoms with Gasteiger partial charge >= 0.3 is 6.03 Å². The monoisotopic (exact) mass is 338 g/mol. The van der Waals surface area contributed by atoms with E-state index in [0.29, 0.717) is 13.1 Å². The normalized spacial score (nSPS) is 17.8. The minimum Gasteiger partial charge on any atom is -0.361 e. The van der Waals surface area contributed by atoms with Crippen molar-refractivity contribution < 1.29 is 4.79 Å². The Kier molecular flexibility index (Phi) is 4.37. The number of urea groups is 1. The third-order valence-electron chi connectivity index (χ3n) is 4.85. The highest BCUT2D eigenvalue weighted by Gasteiger charge is 2.24. The largest absolute Gasteiger partial charge is 0.361 e. The Morgan fingerprint density at radius 1 is 1.36 bits per heavy atom. The van der Waals surface area contributed by atoms with Crippen LogP contribution in [0.1, 0.15) is 24.4 Å². The van der Waals surface area contributed by atoms with Crippen molar-refractivity contribution in [1.29, 1.82) is 0 Å². The summed E-state index contributed by atoms with van der Waals surface area (Å²) in [4.78, 5) is 21.6. The molecule has 1 atom stereocenters. The van der Waals surface area contributed by atoms with Gasteiger partial charge in [0.1, 0.15) is 12.7 Å². The van der Waals surface area contributed by atoms with Gasteiger partial charge in [-0.1, -0.05) is 12.1 Å². The Hall–Kier alpha value is -2.83. The van der Waals surface area contributed by atoms with E-state index in [2.05, 4.69) is 38.6 Å². The van der Waals surface area contributed by atoms with Crippen LogP contribution in [0, 0.1) is 0 Å². The summed E-state index contributed by atoms with van der Waals surface area (Å²) in [6, 6.07) is 8.53. The van der Waals surface area contributed by atoms with Crippen LogP contribution in [0.3, 0.4) is 0 Å². The van der Waals surface area contributed by atoms with Crippen molar-refractivity contribution in [2.75, 3.05) is 19.6 Å². The first-order chi connectivity index (χ1) is 12.3. The Bertz CT molecular complexity index is 840. The number of aromatic nitrogens is 4. The van der Waals surface area contributed by atoms with Crippen molar-refractivity contribution in [2.45, 2.75) is 25.3 Å². The molecule has 2 aromatic heterocycles. The molecular formula is C18H22N6O. The lowest BCUT2D eigenvalue weighted by molar-refractivity contribution is 0.163. The lowest BCUT2D eigenvalue weighted by atomic mass is 10.1. The number of likely N-dealkylation sites (tertiary alicyclic amines) is 1. The standard InChI is InChI=1S/C18H22N6O/c25-18(23-10-2-4-15(11-23)24-13-19-12-22-24)21-8-6-14-3-1-5-17-16(14)7-9-20-17/h1,3,5,7,9,12-13,15,20H,2,4,6,8,10-11H2,(H,21,25)/t15-/m1/s1. The lowest BCUT2D eigenvalue weighted by Crippen LogP contribution is -2.46. The Balaban J connectivity index is 1.32. The zero-order chi connectivity index (χ0) is 17.1. The minimum atomic E-state index is 0.00561. The summed E-state index contributed by atoms with van der Waals surface area (Å²) >= 11 is 0. The molecule has 0 saturated carbocycles. The van der Waals surface area contributed by atoms with Gasteiger partial charge in [-0.15, -0.1) is 0 Å². The first-order valence-electron chi connectivity index (χ1n) is 8.73. The van der Waals surface area contributed by atoms with E-state index >= 15 is 0 Å². The zero-order valence-electron chi connectivity index (χ0n) is 14.1. The topological polar surface area (TPSA) is 78.8 Å². The predicted octanol–water partition coefficient (Wildman–Crippen LogP) is 2.35. The number of carbonyl (C=O) groups excluding carboxylic acids is 1. The van der Waals surface area contributed by atoms with Gasteiger partial charge in [0.05, 0.1) is 6.04 Å². The molecule has 0 aliphatic carbocycles. The number of aromatic amines is 1. The van der Waals surface area contributed by atoms with Crippen LogP contribution in [0.25, 0.3) is 10.9 Å². The van der Waals surface area contributed by atoms with Crippen LogP contribution in [-0.4, -0.2) is 50.3 Å². The summed E-state index contributed by atoms with van der Waals surface area (Å²) < 4.78 is 1.85. The molecule has 4 rings (SSSR count). The van der Waals surface area contributed by atoms with E-state index in [1.165, 1.54) is 10.9 Å². The molecule has 7 nitrogen and oxygen atoms in total. The fraction of sp³-hybridized carbons (Fsp3) is 0.389. The number of rotatable bonds is 4. The quantitative estimate of drug-likeness (QED) is 0.766. The number of nitrogens with zero attached hydrogens (tertiary/aromatic N) is 4. The van der Waals surface area contributed by atoms with Gasteiger partial charge in [-0.05, 0) is 37.0 Å². The van der Waals surface area contributed by atoms with Gasteiger partial charge in [0, 0.05) is 36.7 Å². The second-order valence-corrected chi connectivity index (χ2v) is 6.46. The highest BCUT2D eigenvalue weighted by Crippen LogP contribution is 2.20. The van der Waals surface area contributed by atoms with Gasteiger partial charge in [-0.2, -0.15) is 5.10 Å². The van der Waals surface area contributed by atoms with Crippen molar-refractivity contribution in [3.63, 3.8) is 0 Å². The van der Waals surface area contributed by atoms with Gasteiger partial charge in [-0.25, -0.2) is 14.5 Å². The second kappa shape index (κ2) is 6.96. The highest BCUT2D eigenvalue weighted by molar-refractivity contribution is 5.83. The van der Waals surface area contributed by atoms with E-state index in [-0.39, 0.29) is 12.1 Å². The molecule has 1 fully saturated rings. The smallest absolute Gasteiger partial charge is 0.317 e. The SMILES string of the molecule is O=C(NCCc1cccc2[nH]ccc12)N1CCC[C@@H](n2cncn2)C1. The maximum atomic E-state index is 12.5. The molecule has 0 spiro atoms. The van der Waals surface area contributed by atoms with Crippen LogP contribution in [0.4, 0.5) is 4.79 Å². The Morgan fingerprint density at radius 3 is 3.20 bits per heavy atom. The molecule has 3 aromatic rings. The summed E-state index contributed by atoms with van der Waals surface area (Å²) in [5.74, 6) is 0. The number of H-pyrrole nitrogens is 1. The minimum absolute atomic E-state index is 0.00561. The number of nitrogens with one attached hydrogen (secondary N) is 2. The van der Waals surface area contributed by atoms with E-state index in [1.54, 1.807) is 12.7 Å². The van der Waals surface area contributed by atoms with Crippen molar-refractivity contribution in [3.8, 4) is 0 Å². The molecule has 1 aliphatic heterocycles. The fourth-order valence-corrected chi connectivity index (χ4v) is 3.55. The average molecular weight is 338 g/mol. The molecule has 7 heteroatoms. The molecule has 130 valence electrons. The number of amides is 2. The molecular weight excluding hydrogens is 316 g/mol. The number of fused-ring (bicyclic) bond motifs is 1. The van der Waals surface area contributed by atoms with Crippen LogP contribution in [0.15, 0.2) is 43.1 Å². The Morgan fingerprint density at radius 2 is 2.32 bits per heavy atom. The number of carbonyl (C=O) groups is 1. The van der Waals surface area contributed by atoms with E-state index in [1.807, 2.05) is 21.8 Å². The van der Waals surface area contributed by atoms with Gasteiger partial charge in [0.25, 0.3) is 0 Å². The van der Waals surface area contributed by atoms with Crippen LogP contribution in [0.5, 0.6) is 0 Å². The predicted molar refractivity (Wildman–Crippen MR) is 95.3 cm³/mol. The van der Waals surface area contributed by atoms with Gasteiger partial charge in [0.15, 0.2) is 0 Å². The molecule has 2 N–H and O–H groups in total. The van der Waals surface area contributed by atoms with Crippen LogP contribution in [0.2, 0.25) is 0 Å². The van der Waals surface area contributed by atoms with E-state index in [0.717, 1.165) is 31.3 Å². The maximum Gasteiger partial charge on any atom is 0.317 e. The highest BCUT2D eigenvalue weighted by atomic mass is 16.2. The molecule has 0 unspecified atom stereocenters. The van der Waals surface area contributed by atoms with Crippen LogP contribution < -0.4 is 5.32 Å². The first-order valence-corrected chi connectivity index (χ1v) is 8.73. The molecule has 25 heavy (non-hydrogen) atoms. The van der Waals surface area contributed by atoms with Crippen molar-refractivity contribution >= 4 is 16.9 Å². The molecule has 1 saturated heterocycles. The molecule has 2 amide bonds. The number of hydrogen-bond donors (Lipinski definition) is 2. The van der Waals surface area contributed by atoms with Gasteiger partial charge in [-0.3, -0.25) is 0 Å². The average Bonchev–Trinajstić information content (AvgIpc) is 3.34. The van der Waals surface area contributed by atoms with Crippen molar-refractivity contribution in [1.82, 2.24) is 30.0 Å². The van der Waals surface area contributed by atoms with E-state index in [4.69, 9.17) is 0 Å². The van der Waals surface area contributed by atoms with Gasteiger partial charge < -0.3 is 15.2 Å². The maximum absolute atomic E-state index is 12.5. The fourth-order valence-electron chi connectivity index (χ4n) is 3.55. The molecule has 3 heterocycles. The van der Waals surface area contributed by atoms with E-state index < -0.39 is 0 Å². The van der Waals surface area contributed by atoms with E-state index in [9.17, 15) is 4.79 Å². The summed E-state index contributed by atoms with van der Waals surface area (Å²) in [6.07, 6.45) is 8.06. The third-order valence-corrected chi connectivity index (χ3v) is 4.85. The van der Waals surface area contributed by atoms with Crippen LogP contribution in [-0.2, 0) is 6.42 Å². The first kappa shape index (κ1) is 15.7. The number of piperidine rings is 1. The number of benzene rings is 1. The number of hydrogen-bond acceptors (Lipinski definition) is 3. The third kappa shape index (κ3) is 3.35. The summed E-state index contributed by atoms with van der Waals surface area (Å²) in [5, 5.41) is 8.48. The van der Waals surface area contributed by atoms with Crippen LogP contribution >= 0.6 is 0 Å². The molecule has 0 radical (unpaired) electrons. The van der Waals surface area contributed by atoms with Crippen molar-refractivity contribution in [2.24, 2.45) is 0 Å². The molecule has 1 aromatic carbocycles. The zero-order valence-corrected chi connectivity index (χ0v) is 14.1.